The van der Waals surface area contributed by atoms with E-state index in [4.69, 9.17) is 4.74 Å². The Bertz CT molecular complexity index is 672. The van der Waals surface area contributed by atoms with Crippen LogP contribution in [0.15, 0.2) is 36.0 Å². The number of ether oxygens (including phenoxy) is 1. The molecular weight excluding hydrogens is 310 g/mol. The molecule has 0 aliphatic heterocycles. The summed E-state index contributed by atoms with van der Waals surface area (Å²) >= 11 is 0. The Morgan fingerprint density at radius 3 is 2.92 bits per heavy atom. The maximum atomic E-state index is 11.3. The average Bonchev–Trinajstić information content (AvgIpc) is 2.94. The van der Waals surface area contributed by atoms with Gasteiger partial charge in [-0.1, -0.05) is 37.3 Å². The highest BCUT2D eigenvalue weighted by Crippen LogP contribution is 2.63. The molecule has 0 aromatic carbocycles. The fourth-order valence-corrected chi connectivity index (χ4v) is 6.53. The molecule has 0 heterocycles. The van der Waals surface area contributed by atoms with Gasteiger partial charge in [-0.15, -0.1) is 0 Å². The van der Waals surface area contributed by atoms with Crippen LogP contribution in [0.1, 0.15) is 45.4 Å². The first kappa shape index (κ1) is 17.1. The van der Waals surface area contributed by atoms with Gasteiger partial charge >= 0.3 is 0 Å². The number of aliphatic hydroxyl groups is 1. The van der Waals surface area contributed by atoms with Gasteiger partial charge in [0.15, 0.2) is 0 Å². The number of allylic oxidation sites excluding steroid dienone is 4. The molecule has 3 nitrogen and oxygen atoms in total. The van der Waals surface area contributed by atoms with Crippen molar-refractivity contribution in [1.82, 2.24) is 0 Å². The first-order valence-corrected chi connectivity index (χ1v) is 9.78. The normalized spacial score (nSPS) is 47.4. The summed E-state index contributed by atoms with van der Waals surface area (Å²) in [5, 5.41) is 20.5. The van der Waals surface area contributed by atoms with Crippen LogP contribution in [0.4, 0.5) is 0 Å². The molecular formula is C22H29NO2. The van der Waals surface area contributed by atoms with Crippen LogP contribution < -0.4 is 0 Å². The lowest BCUT2D eigenvalue weighted by atomic mass is 9.49. The maximum absolute atomic E-state index is 11.3. The summed E-state index contributed by atoms with van der Waals surface area (Å²) in [6.07, 6.45) is 16.8. The van der Waals surface area contributed by atoms with Gasteiger partial charge in [-0.2, -0.15) is 5.26 Å². The zero-order chi connectivity index (χ0) is 17.7. The highest BCUT2D eigenvalue weighted by Gasteiger charge is 2.61. The molecule has 0 spiro atoms. The molecule has 0 bridgehead atoms. The van der Waals surface area contributed by atoms with Gasteiger partial charge in [0.1, 0.15) is 5.60 Å². The van der Waals surface area contributed by atoms with Crippen molar-refractivity contribution >= 4 is 0 Å². The monoisotopic (exact) mass is 339 g/mol. The predicted molar refractivity (Wildman–Crippen MR) is 97.5 cm³/mol. The van der Waals surface area contributed by atoms with Gasteiger partial charge in [-0.3, -0.25) is 0 Å². The molecule has 0 aromatic rings. The molecule has 0 aromatic heterocycles. The van der Waals surface area contributed by atoms with Gasteiger partial charge in [-0.05, 0) is 61.3 Å². The third kappa shape index (κ3) is 2.31. The molecule has 4 aliphatic carbocycles. The van der Waals surface area contributed by atoms with E-state index in [9.17, 15) is 10.4 Å². The smallest absolute Gasteiger partial charge is 0.102 e. The zero-order valence-electron chi connectivity index (χ0n) is 15.3. The first-order valence-electron chi connectivity index (χ1n) is 9.78. The van der Waals surface area contributed by atoms with Crippen molar-refractivity contribution < 1.29 is 9.84 Å². The van der Waals surface area contributed by atoms with Gasteiger partial charge in [-0.25, -0.2) is 0 Å². The molecule has 1 unspecified atom stereocenters. The van der Waals surface area contributed by atoms with E-state index in [-0.39, 0.29) is 17.9 Å². The molecule has 3 heteroatoms. The summed E-state index contributed by atoms with van der Waals surface area (Å²) < 4.78 is 5.61. The lowest BCUT2D eigenvalue weighted by Gasteiger charge is -2.56. The van der Waals surface area contributed by atoms with E-state index in [0.717, 1.165) is 32.1 Å². The minimum Gasteiger partial charge on any atom is -0.384 e. The second kappa shape index (κ2) is 6.11. The Kier molecular flexibility index (Phi) is 4.17. The minimum absolute atomic E-state index is 0.152. The van der Waals surface area contributed by atoms with Crippen molar-refractivity contribution in [3.8, 4) is 6.07 Å². The summed E-state index contributed by atoms with van der Waals surface area (Å²) in [5.41, 5.74) is 0.394. The van der Waals surface area contributed by atoms with Crippen LogP contribution in [-0.2, 0) is 4.74 Å². The third-order valence-corrected chi connectivity index (χ3v) is 7.86. The van der Waals surface area contributed by atoms with Crippen LogP contribution in [0.25, 0.3) is 0 Å². The van der Waals surface area contributed by atoms with Crippen LogP contribution in [0.2, 0.25) is 0 Å². The van der Waals surface area contributed by atoms with Crippen molar-refractivity contribution in [1.29, 1.82) is 5.26 Å². The quantitative estimate of drug-likeness (QED) is 0.786. The highest BCUT2D eigenvalue weighted by molar-refractivity contribution is 5.34. The lowest BCUT2D eigenvalue weighted by Crippen LogP contribution is -2.54. The highest BCUT2D eigenvalue weighted by atomic mass is 16.5. The van der Waals surface area contributed by atoms with Crippen LogP contribution in [0, 0.1) is 40.4 Å². The molecule has 0 saturated heterocycles. The first-order chi connectivity index (χ1) is 12.1. The summed E-state index contributed by atoms with van der Waals surface area (Å²) in [4.78, 5) is 0. The summed E-state index contributed by atoms with van der Waals surface area (Å²) in [6, 6.07) is 2.23. The number of rotatable bonds is 3. The SMILES string of the molecule is CC[C@]12CC[C@H]3[C@@H](CC=C4C=CC(OC)C[C@@H]43)[C@@H]1C=C[C@@]2(O)CC#N. The number of fused-ring (bicyclic) bond motifs is 5. The number of hydrogen-bond donors (Lipinski definition) is 1. The molecule has 7 atom stereocenters. The second-order valence-corrected chi connectivity index (χ2v) is 8.44. The molecule has 1 N–H and O–H groups in total. The van der Waals surface area contributed by atoms with Gasteiger partial charge in [0.25, 0.3) is 0 Å². The molecule has 4 rings (SSSR count). The van der Waals surface area contributed by atoms with E-state index in [1.54, 1.807) is 7.11 Å². The molecule has 1 saturated carbocycles. The fourth-order valence-electron chi connectivity index (χ4n) is 6.53. The van der Waals surface area contributed by atoms with E-state index in [2.05, 4.69) is 37.3 Å². The maximum Gasteiger partial charge on any atom is 0.102 e. The molecule has 25 heavy (non-hydrogen) atoms. The molecule has 0 amide bonds. The van der Waals surface area contributed by atoms with Crippen LogP contribution in [-0.4, -0.2) is 23.9 Å². The van der Waals surface area contributed by atoms with E-state index in [1.807, 2.05) is 6.08 Å². The van der Waals surface area contributed by atoms with Gasteiger partial charge in [0.05, 0.1) is 18.6 Å². The van der Waals surface area contributed by atoms with E-state index in [0.29, 0.717) is 23.7 Å². The van der Waals surface area contributed by atoms with Gasteiger partial charge < -0.3 is 9.84 Å². The second-order valence-electron chi connectivity index (χ2n) is 8.44. The van der Waals surface area contributed by atoms with Crippen molar-refractivity contribution in [3.63, 3.8) is 0 Å². The number of methoxy groups -OCH3 is 1. The molecule has 4 aliphatic rings. The lowest BCUT2D eigenvalue weighted by molar-refractivity contribution is -0.111. The van der Waals surface area contributed by atoms with Crippen LogP contribution in [0.3, 0.4) is 0 Å². The summed E-state index contributed by atoms with van der Waals surface area (Å²) in [6.45, 7) is 2.19. The van der Waals surface area contributed by atoms with Crippen molar-refractivity contribution in [2.75, 3.05) is 7.11 Å². The Balaban J connectivity index is 1.66. The number of hydrogen-bond acceptors (Lipinski definition) is 3. The average molecular weight is 339 g/mol. The summed E-state index contributed by atoms with van der Waals surface area (Å²) in [7, 11) is 1.80. The Morgan fingerprint density at radius 1 is 1.36 bits per heavy atom. The Morgan fingerprint density at radius 2 is 2.20 bits per heavy atom. The van der Waals surface area contributed by atoms with Gasteiger partial charge in [0, 0.05) is 12.5 Å². The largest absolute Gasteiger partial charge is 0.384 e. The molecule has 134 valence electrons. The molecule has 0 radical (unpaired) electrons. The topological polar surface area (TPSA) is 53.2 Å². The van der Waals surface area contributed by atoms with E-state index < -0.39 is 5.60 Å². The Hall–Kier alpha value is -1.37. The standard InChI is InChI=1S/C22H29NO2/c1-3-21-10-8-17-18(20(21)9-11-22(21,24)12-13-23)7-5-15-4-6-16(25-2)14-19(15)17/h4-6,9,11,16-20,24H,3,7-8,10,12,14H2,1-2H3/t16?,17-,18+,19-,20-,21-,22+/m0/s1. The van der Waals surface area contributed by atoms with Crippen molar-refractivity contribution in [2.45, 2.75) is 57.2 Å². The van der Waals surface area contributed by atoms with Crippen molar-refractivity contribution in [2.24, 2.45) is 29.1 Å². The van der Waals surface area contributed by atoms with Crippen molar-refractivity contribution in [3.05, 3.63) is 36.0 Å². The number of nitrogens with zero attached hydrogens (tertiary/aromatic N) is 1. The third-order valence-electron chi connectivity index (χ3n) is 7.86. The van der Waals surface area contributed by atoms with Crippen LogP contribution in [0.5, 0.6) is 0 Å². The number of nitriles is 1. The molecule has 1 fully saturated rings. The Labute approximate surface area is 151 Å². The fraction of sp³-hybridized carbons (Fsp3) is 0.682. The predicted octanol–water partition coefficient (Wildman–Crippen LogP) is 4.16. The van der Waals surface area contributed by atoms with Gasteiger partial charge in [0.2, 0.25) is 0 Å². The van der Waals surface area contributed by atoms with Crippen LogP contribution >= 0.6 is 0 Å². The minimum atomic E-state index is -0.947. The zero-order valence-corrected chi connectivity index (χ0v) is 15.3. The summed E-state index contributed by atoms with van der Waals surface area (Å²) in [5.74, 6) is 2.22. The van der Waals surface area contributed by atoms with E-state index >= 15 is 0 Å². The van der Waals surface area contributed by atoms with E-state index in [1.165, 1.54) is 5.57 Å².